The number of aromatic hydroxyl groups is 1. The quantitative estimate of drug-likeness (QED) is 0.616. The second-order valence-electron chi connectivity index (χ2n) is 5.30. The number of amides is 1. The molecule has 0 aliphatic heterocycles. The van der Waals surface area contributed by atoms with Crippen molar-refractivity contribution in [3.05, 3.63) is 33.1 Å². The molecule has 0 saturated carbocycles. The number of phenolic OH excluding ortho intramolecular Hbond substituents is 1. The number of aromatic nitrogens is 2. The number of anilines is 1. The summed E-state index contributed by atoms with van der Waals surface area (Å²) >= 11 is 13.3. The third kappa shape index (κ3) is 3.49. The second-order valence-corrected chi connectivity index (χ2v) is 7.14. The van der Waals surface area contributed by atoms with E-state index in [4.69, 9.17) is 28.9 Å². The lowest BCUT2D eigenvalue weighted by Crippen LogP contribution is -2.22. The molecule has 25 heavy (non-hydrogen) atoms. The van der Waals surface area contributed by atoms with Crippen LogP contribution >= 0.6 is 34.5 Å². The van der Waals surface area contributed by atoms with Gasteiger partial charge in [-0.15, -0.1) is 11.3 Å². The molecule has 9 heteroatoms. The molecule has 2 aromatic heterocycles. The molecule has 0 atom stereocenters. The van der Waals surface area contributed by atoms with E-state index >= 15 is 0 Å². The summed E-state index contributed by atoms with van der Waals surface area (Å²) in [5, 5.41) is 13.8. The number of phenols is 1. The Morgan fingerprint density at radius 1 is 1.28 bits per heavy atom. The Labute approximate surface area is 157 Å². The Bertz CT molecular complexity index is 974. The number of hydrogen-bond acceptors (Lipinski definition) is 6. The Hall–Kier alpha value is -2.09. The molecule has 130 valence electrons. The summed E-state index contributed by atoms with van der Waals surface area (Å²) in [5.74, 6) is -0.252. The number of carbonyl (C=O) groups excluding carboxylic acids is 1. The summed E-state index contributed by atoms with van der Waals surface area (Å²) in [5.41, 5.74) is 6.69. The molecule has 2 heterocycles. The number of benzene rings is 1. The Morgan fingerprint density at radius 2 is 2.04 bits per heavy atom. The molecule has 0 radical (unpaired) electrons. The van der Waals surface area contributed by atoms with Crippen LogP contribution in [0.2, 0.25) is 10.0 Å². The van der Waals surface area contributed by atoms with E-state index in [1.807, 2.05) is 6.92 Å². The van der Waals surface area contributed by atoms with Crippen molar-refractivity contribution in [1.29, 1.82) is 0 Å². The first-order valence-corrected chi connectivity index (χ1v) is 9.01. The van der Waals surface area contributed by atoms with Gasteiger partial charge in [0.2, 0.25) is 5.95 Å². The van der Waals surface area contributed by atoms with Gasteiger partial charge in [-0.05, 0) is 24.6 Å². The lowest BCUT2D eigenvalue weighted by Gasteiger charge is -2.08. The maximum atomic E-state index is 12.2. The average Bonchev–Trinajstić information content (AvgIpc) is 2.99. The predicted molar refractivity (Wildman–Crippen MR) is 102 cm³/mol. The summed E-state index contributed by atoms with van der Waals surface area (Å²) in [6, 6.07) is 4.54. The van der Waals surface area contributed by atoms with Crippen LogP contribution in [0.25, 0.3) is 21.5 Å². The largest absolute Gasteiger partial charge is 0.506 e. The molecule has 0 unspecified atom stereocenters. The summed E-state index contributed by atoms with van der Waals surface area (Å²) in [7, 11) is 0. The van der Waals surface area contributed by atoms with Gasteiger partial charge in [-0.25, -0.2) is 9.97 Å². The van der Waals surface area contributed by atoms with Crippen molar-refractivity contribution >= 4 is 56.6 Å². The van der Waals surface area contributed by atoms with Crippen molar-refractivity contribution in [3.8, 4) is 17.0 Å². The van der Waals surface area contributed by atoms with Gasteiger partial charge in [0.1, 0.15) is 10.6 Å². The van der Waals surface area contributed by atoms with E-state index in [-0.39, 0.29) is 22.6 Å². The standard InChI is InChI=1S/C16H14Cl2N4O2S/c1-2-3-20-14(24)12-5-8-13(21-16(19)22-15(8)25-12)7-4-11(23)10(18)6-9(7)17/h4-6,23H,2-3H2,1H3,(H,20,24)(H2,19,21,22). The highest BCUT2D eigenvalue weighted by Crippen LogP contribution is 2.39. The van der Waals surface area contributed by atoms with Gasteiger partial charge in [-0.2, -0.15) is 0 Å². The molecule has 0 aliphatic carbocycles. The van der Waals surface area contributed by atoms with E-state index < -0.39 is 0 Å². The van der Waals surface area contributed by atoms with Crippen molar-refractivity contribution in [2.75, 3.05) is 12.3 Å². The van der Waals surface area contributed by atoms with E-state index in [0.29, 0.717) is 37.9 Å². The number of nitrogen functional groups attached to an aromatic ring is 1. The second kappa shape index (κ2) is 7.03. The van der Waals surface area contributed by atoms with E-state index in [1.165, 1.54) is 23.5 Å². The maximum Gasteiger partial charge on any atom is 0.261 e. The molecule has 1 aromatic carbocycles. The van der Waals surface area contributed by atoms with Crippen molar-refractivity contribution in [3.63, 3.8) is 0 Å². The fraction of sp³-hybridized carbons (Fsp3) is 0.188. The van der Waals surface area contributed by atoms with E-state index in [1.54, 1.807) is 6.07 Å². The SMILES string of the molecule is CCCNC(=O)c1cc2c(-c3cc(O)c(Cl)cc3Cl)nc(N)nc2s1. The molecule has 0 spiro atoms. The van der Waals surface area contributed by atoms with Crippen LogP contribution < -0.4 is 11.1 Å². The molecule has 0 bridgehead atoms. The minimum Gasteiger partial charge on any atom is -0.506 e. The highest BCUT2D eigenvalue weighted by molar-refractivity contribution is 7.20. The number of nitrogens with two attached hydrogens (primary N) is 1. The molecule has 0 saturated heterocycles. The Balaban J connectivity index is 2.17. The molecular formula is C16H14Cl2N4O2S. The third-order valence-corrected chi connectivity index (χ3v) is 5.10. The van der Waals surface area contributed by atoms with Gasteiger partial charge in [0.15, 0.2) is 0 Å². The molecule has 1 amide bonds. The van der Waals surface area contributed by atoms with Crippen LogP contribution in [-0.2, 0) is 0 Å². The number of nitrogens with one attached hydrogen (secondary N) is 1. The van der Waals surface area contributed by atoms with Gasteiger partial charge in [0, 0.05) is 17.5 Å². The van der Waals surface area contributed by atoms with Crippen LogP contribution in [0.15, 0.2) is 18.2 Å². The molecule has 0 aliphatic rings. The third-order valence-electron chi connectivity index (χ3n) is 3.46. The molecular weight excluding hydrogens is 383 g/mol. The summed E-state index contributed by atoms with van der Waals surface area (Å²) in [4.78, 5) is 21.7. The number of rotatable bonds is 4. The summed E-state index contributed by atoms with van der Waals surface area (Å²) in [6.07, 6.45) is 0.842. The van der Waals surface area contributed by atoms with Crippen molar-refractivity contribution < 1.29 is 9.90 Å². The van der Waals surface area contributed by atoms with Crippen LogP contribution in [-0.4, -0.2) is 27.5 Å². The zero-order valence-corrected chi connectivity index (χ0v) is 15.5. The number of carbonyl (C=O) groups is 1. The van der Waals surface area contributed by atoms with Crippen LogP contribution in [0.4, 0.5) is 5.95 Å². The summed E-state index contributed by atoms with van der Waals surface area (Å²) < 4.78 is 0. The van der Waals surface area contributed by atoms with Gasteiger partial charge in [0.05, 0.1) is 20.6 Å². The molecule has 3 aromatic rings. The van der Waals surface area contributed by atoms with E-state index in [2.05, 4.69) is 15.3 Å². The Kier molecular flexibility index (Phi) is 4.99. The van der Waals surface area contributed by atoms with Gasteiger partial charge in [-0.3, -0.25) is 4.79 Å². The fourth-order valence-electron chi connectivity index (χ4n) is 2.30. The average molecular weight is 397 g/mol. The topological polar surface area (TPSA) is 101 Å². The smallest absolute Gasteiger partial charge is 0.261 e. The first kappa shape index (κ1) is 17.7. The van der Waals surface area contributed by atoms with Crippen LogP contribution in [0.5, 0.6) is 5.75 Å². The number of halogens is 2. The van der Waals surface area contributed by atoms with Gasteiger partial charge in [0.25, 0.3) is 5.91 Å². The lowest BCUT2D eigenvalue weighted by atomic mass is 10.1. The van der Waals surface area contributed by atoms with Crippen molar-refractivity contribution in [2.24, 2.45) is 0 Å². The minimum absolute atomic E-state index is 0.0513. The molecule has 3 rings (SSSR count). The summed E-state index contributed by atoms with van der Waals surface area (Å²) in [6.45, 7) is 2.56. The zero-order valence-electron chi connectivity index (χ0n) is 13.1. The normalized spacial score (nSPS) is 11.0. The van der Waals surface area contributed by atoms with Gasteiger partial charge < -0.3 is 16.2 Å². The number of thiophene rings is 1. The Morgan fingerprint density at radius 3 is 2.76 bits per heavy atom. The van der Waals surface area contributed by atoms with E-state index in [9.17, 15) is 9.90 Å². The predicted octanol–water partition coefficient (Wildman–Crippen LogP) is 4.09. The lowest BCUT2D eigenvalue weighted by molar-refractivity contribution is 0.0958. The van der Waals surface area contributed by atoms with Crippen LogP contribution in [0, 0.1) is 0 Å². The van der Waals surface area contributed by atoms with Gasteiger partial charge >= 0.3 is 0 Å². The first-order chi connectivity index (χ1) is 11.9. The highest BCUT2D eigenvalue weighted by Gasteiger charge is 2.18. The highest BCUT2D eigenvalue weighted by atomic mass is 35.5. The fourth-order valence-corrected chi connectivity index (χ4v) is 3.73. The van der Waals surface area contributed by atoms with E-state index in [0.717, 1.165) is 6.42 Å². The molecule has 4 N–H and O–H groups in total. The zero-order chi connectivity index (χ0) is 18.1. The maximum absolute atomic E-state index is 12.2. The number of nitrogens with zero attached hydrogens (tertiary/aromatic N) is 2. The first-order valence-electron chi connectivity index (χ1n) is 7.44. The minimum atomic E-state index is -0.181. The molecule has 6 nitrogen and oxygen atoms in total. The van der Waals surface area contributed by atoms with Crippen LogP contribution in [0.3, 0.4) is 0 Å². The van der Waals surface area contributed by atoms with Gasteiger partial charge in [-0.1, -0.05) is 30.1 Å². The monoisotopic (exact) mass is 396 g/mol. The van der Waals surface area contributed by atoms with Crippen molar-refractivity contribution in [2.45, 2.75) is 13.3 Å². The molecule has 0 fully saturated rings. The number of fused-ring (bicyclic) bond motifs is 1. The van der Waals surface area contributed by atoms with Crippen molar-refractivity contribution in [1.82, 2.24) is 15.3 Å². The number of hydrogen-bond donors (Lipinski definition) is 3. The van der Waals surface area contributed by atoms with Crippen LogP contribution in [0.1, 0.15) is 23.0 Å².